The third kappa shape index (κ3) is 4.58. The van der Waals surface area contributed by atoms with Crippen LogP contribution in [0.1, 0.15) is 25.0 Å². The Kier molecular flexibility index (Phi) is 6.65. The van der Waals surface area contributed by atoms with Crippen molar-refractivity contribution in [1.82, 2.24) is 4.31 Å². The minimum absolute atomic E-state index is 0.196. The van der Waals surface area contributed by atoms with Gasteiger partial charge in [-0.3, -0.25) is 0 Å². The molecule has 20 heavy (non-hydrogen) atoms. The number of likely N-dealkylation sites (N-methyl/N-ethyl adjacent to an activating group) is 1. The van der Waals surface area contributed by atoms with Gasteiger partial charge in [-0.15, -0.1) is 0 Å². The maximum absolute atomic E-state index is 12.6. The molecule has 0 saturated heterocycles. The fraction of sp³-hybridized carbons (Fsp3) is 0.600. The van der Waals surface area contributed by atoms with Gasteiger partial charge in [0.25, 0.3) is 0 Å². The van der Waals surface area contributed by atoms with E-state index in [1.165, 1.54) is 0 Å². The first-order chi connectivity index (χ1) is 9.36. The smallest absolute Gasteiger partial charge is 0.127 e. The van der Waals surface area contributed by atoms with E-state index in [9.17, 15) is 4.21 Å². The molecule has 0 spiro atoms. The van der Waals surface area contributed by atoms with E-state index in [1.54, 1.807) is 7.11 Å². The molecule has 0 heterocycles. The molecule has 0 saturated carbocycles. The average molecular weight is 299 g/mol. The lowest BCUT2D eigenvalue weighted by Gasteiger charge is -2.20. The van der Waals surface area contributed by atoms with Gasteiger partial charge in [-0.25, -0.2) is 8.51 Å². The van der Waals surface area contributed by atoms with Crippen LogP contribution in [0.4, 0.5) is 0 Å². The van der Waals surface area contributed by atoms with E-state index in [1.807, 2.05) is 51.2 Å². The summed E-state index contributed by atoms with van der Waals surface area (Å²) in [5.74, 6) is 0.798. The highest BCUT2D eigenvalue weighted by atomic mass is 32.2. The molecule has 4 nitrogen and oxygen atoms in total. The van der Waals surface area contributed by atoms with Gasteiger partial charge >= 0.3 is 0 Å². The molecule has 0 aliphatic heterocycles. The molecular formula is C15H25NO3S. The number of rotatable bonds is 7. The largest absolute Gasteiger partial charge is 0.497 e. The highest BCUT2D eigenvalue weighted by Crippen LogP contribution is 2.25. The Morgan fingerprint density at radius 1 is 1.25 bits per heavy atom. The van der Waals surface area contributed by atoms with Gasteiger partial charge in [-0.2, -0.15) is 0 Å². The number of hydrogen-bond donors (Lipinski definition) is 0. The molecule has 0 radical (unpaired) electrons. The lowest BCUT2D eigenvalue weighted by Crippen LogP contribution is -2.27. The lowest BCUT2D eigenvalue weighted by molar-refractivity contribution is 0.0742. The first-order valence-electron chi connectivity index (χ1n) is 6.76. The molecule has 0 aliphatic rings. The molecule has 1 rings (SSSR count). The normalized spacial score (nSPS) is 13.0. The van der Waals surface area contributed by atoms with E-state index in [0.29, 0.717) is 13.2 Å². The van der Waals surface area contributed by atoms with E-state index in [2.05, 4.69) is 0 Å². The number of aryl methyl sites for hydroxylation is 2. The van der Waals surface area contributed by atoms with E-state index in [4.69, 9.17) is 9.47 Å². The summed E-state index contributed by atoms with van der Waals surface area (Å²) in [4.78, 5) is 0.859. The number of methoxy groups -OCH3 is 1. The summed E-state index contributed by atoms with van der Waals surface area (Å²) < 4.78 is 25.1. The van der Waals surface area contributed by atoms with Gasteiger partial charge in [0.2, 0.25) is 0 Å². The first kappa shape index (κ1) is 17.1. The quantitative estimate of drug-likeness (QED) is 0.777. The van der Waals surface area contributed by atoms with Crippen molar-refractivity contribution in [3.63, 3.8) is 0 Å². The van der Waals surface area contributed by atoms with Crippen molar-refractivity contribution in [3.05, 3.63) is 23.3 Å². The Morgan fingerprint density at radius 2 is 1.80 bits per heavy atom. The summed E-state index contributed by atoms with van der Waals surface area (Å²) in [6.45, 7) is 9.12. The van der Waals surface area contributed by atoms with Crippen LogP contribution in [0.15, 0.2) is 17.0 Å². The number of ether oxygens (including phenoxy) is 2. The average Bonchev–Trinajstić information content (AvgIpc) is 2.36. The topological polar surface area (TPSA) is 38.8 Å². The zero-order valence-corrected chi connectivity index (χ0v) is 14.0. The minimum Gasteiger partial charge on any atom is -0.497 e. The van der Waals surface area contributed by atoms with E-state index in [-0.39, 0.29) is 6.10 Å². The van der Waals surface area contributed by atoms with Crippen molar-refractivity contribution >= 4 is 11.0 Å². The maximum Gasteiger partial charge on any atom is 0.127 e. The van der Waals surface area contributed by atoms with E-state index >= 15 is 0 Å². The zero-order chi connectivity index (χ0) is 15.3. The Hall–Kier alpha value is -0.910. The number of hydrogen-bond acceptors (Lipinski definition) is 3. The van der Waals surface area contributed by atoms with Crippen LogP contribution in [-0.4, -0.2) is 41.9 Å². The third-order valence-corrected chi connectivity index (χ3v) is 4.73. The third-order valence-electron chi connectivity index (χ3n) is 2.98. The molecule has 0 aromatic heterocycles. The Balaban J connectivity index is 2.81. The van der Waals surface area contributed by atoms with Crippen molar-refractivity contribution in [2.24, 2.45) is 0 Å². The van der Waals surface area contributed by atoms with Gasteiger partial charge in [0.1, 0.15) is 16.7 Å². The second-order valence-corrected chi connectivity index (χ2v) is 6.64. The molecule has 1 aromatic rings. The molecule has 0 bridgehead atoms. The molecule has 1 unspecified atom stereocenters. The molecule has 0 fully saturated rings. The summed E-state index contributed by atoms with van der Waals surface area (Å²) >= 11 is 0. The van der Waals surface area contributed by atoms with Crippen LogP contribution in [0.3, 0.4) is 0 Å². The fourth-order valence-electron chi connectivity index (χ4n) is 1.96. The highest BCUT2D eigenvalue weighted by molar-refractivity contribution is 7.82. The van der Waals surface area contributed by atoms with Crippen LogP contribution in [0.5, 0.6) is 5.75 Å². The molecule has 0 amide bonds. The van der Waals surface area contributed by atoms with Crippen LogP contribution in [0.25, 0.3) is 0 Å². The van der Waals surface area contributed by atoms with Gasteiger partial charge in [0.05, 0.1) is 24.7 Å². The van der Waals surface area contributed by atoms with Gasteiger partial charge in [0.15, 0.2) is 0 Å². The Morgan fingerprint density at radius 3 is 2.25 bits per heavy atom. The standard InChI is InChI=1S/C15H25NO3S/c1-11(2)19-8-7-16(5)20(17)15-12(3)9-14(18-6)10-13(15)4/h9-11H,7-8H2,1-6H3. The molecular weight excluding hydrogens is 274 g/mol. The van der Waals surface area contributed by atoms with Crippen LogP contribution in [0, 0.1) is 13.8 Å². The summed E-state index contributed by atoms with van der Waals surface area (Å²) in [6.07, 6.45) is 0.196. The van der Waals surface area contributed by atoms with Crippen molar-refractivity contribution in [2.45, 2.75) is 38.7 Å². The Labute approximate surface area is 124 Å². The summed E-state index contributed by atoms with van der Waals surface area (Å²) in [7, 11) is 2.31. The zero-order valence-electron chi connectivity index (χ0n) is 13.2. The predicted molar refractivity (Wildman–Crippen MR) is 82.6 cm³/mol. The van der Waals surface area contributed by atoms with Crippen LogP contribution in [-0.2, 0) is 15.7 Å². The molecule has 1 atom stereocenters. The fourth-order valence-corrected chi connectivity index (χ4v) is 3.18. The van der Waals surface area contributed by atoms with Crippen LogP contribution in [0.2, 0.25) is 0 Å². The van der Waals surface area contributed by atoms with Crippen LogP contribution < -0.4 is 4.74 Å². The predicted octanol–water partition coefficient (Wildman–Crippen LogP) is 2.69. The van der Waals surface area contributed by atoms with E-state index in [0.717, 1.165) is 21.8 Å². The second kappa shape index (κ2) is 7.76. The van der Waals surface area contributed by atoms with Crippen molar-refractivity contribution in [3.8, 4) is 5.75 Å². The highest BCUT2D eigenvalue weighted by Gasteiger charge is 2.16. The van der Waals surface area contributed by atoms with Gasteiger partial charge in [-0.1, -0.05) is 0 Å². The molecule has 0 aliphatic carbocycles. The Bertz CT molecular complexity index is 451. The SMILES string of the molecule is COc1cc(C)c(S(=O)N(C)CCOC(C)C)c(C)c1. The second-order valence-electron chi connectivity index (χ2n) is 5.11. The van der Waals surface area contributed by atoms with E-state index < -0.39 is 11.0 Å². The summed E-state index contributed by atoms with van der Waals surface area (Å²) in [5, 5.41) is 0. The van der Waals surface area contributed by atoms with Gasteiger partial charge < -0.3 is 9.47 Å². The number of nitrogens with zero attached hydrogens (tertiary/aromatic N) is 1. The maximum atomic E-state index is 12.6. The lowest BCUT2D eigenvalue weighted by atomic mass is 10.1. The molecule has 5 heteroatoms. The monoisotopic (exact) mass is 299 g/mol. The molecule has 1 aromatic carbocycles. The minimum atomic E-state index is -1.18. The summed E-state index contributed by atoms with van der Waals surface area (Å²) in [5.41, 5.74) is 1.97. The first-order valence-corrected chi connectivity index (χ1v) is 7.87. The van der Waals surface area contributed by atoms with Gasteiger partial charge in [-0.05, 0) is 51.0 Å². The van der Waals surface area contributed by atoms with Crippen molar-refractivity contribution in [2.75, 3.05) is 27.3 Å². The number of benzene rings is 1. The van der Waals surface area contributed by atoms with Crippen molar-refractivity contribution in [1.29, 1.82) is 0 Å². The van der Waals surface area contributed by atoms with Gasteiger partial charge in [0, 0.05) is 13.6 Å². The molecule has 114 valence electrons. The molecule has 0 N–H and O–H groups in total. The summed E-state index contributed by atoms with van der Waals surface area (Å²) in [6, 6.07) is 3.83. The van der Waals surface area contributed by atoms with Crippen LogP contribution >= 0.6 is 0 Å². The van der Waals surface area contributed by atoms with Crippen molar-refractivity contribution < 1.29 is 13.7 Å².